The first-order valence-corrected chi connectivity index (χ1v) is 13.4. The van der Waals surface area contributed by atoms with Gasteiger partial charge in [-0.2, -0.15) is 4.31 Å². The summed E-state index contributed by atoms with van der Waals surface area (Å²) in [6.07, 6.45) is 4.80. The van der Waals surface area contributed by atoms with Crippen molar-refractivity contribution < 1.29 is 17.6 Å². The van der Waals surface area contributed by atoms with E-state index in [1.807, 2.05) is 4.57 Å². The third kappa shape index (κ3) is 4.12. The monoisotopic (exact) mass is 496 g/mol. The number of aromatic nitrogens is 4. The minimum atomic E-state index is -3.34. The Balaban J connectivity index is 1.24. The van der Waals surface area contributed by atoms with E-state index in [1.54, 1.807) is 18.2 Å². The van der Waals surface area contributed by atoms with Crippen LogP contribution < -0.4 is 5.32 Å². The van der Waals surface area contributed by atoms with E-state index in [4.69, 9.17) is 0 Å². The number of nitrogens with zero attached hydrogens (tertiary/aromatic N) is 5. The first-order valence-electron chi connectivity index (χ1n) is 11.9. The molecule has 35 heavy (non-hydrogen) atoms. The second kappa shape index (κ2) is 8.49. The van der Waals surface area contributed by atoms with Crippen molar-refractivity contribution in [1.29, 1.82) is 0 Å². The van der Waals surface area contributed by atoms with E-state index < -0.39 is 21.7 Å². The molecule has 3 aliphatic rings. The summed E-state index contributed by atoms with van der Waals surface area (Å²) in [5.41, 5.74) is 1.83. The van der Waals surface area contributed by atoms with Gasteiger partial charge in [0.2, 0.25) is 10.0 Å². The summed E-state index contributed by atoms with van der Waals surface area (Å²) in [5.74, 6) is 0.572. The van der Waals surface area contributed by atoms with Crippen LogP contribution in [-0.2, 0) is 36.0 Å². The normalized spacial score (nSPS) is 18.1. The molecule has 0 spiro atoms. The van der Waals surface area contributed by atoms with Crippen LogP contribution in [0.3, 0.4) is 0 Å². The first-order chi connectivity index (χ1) is 16.9. The van der Waals surface area contributed by atoms with Gasteiger partial charge in [-0.05, 0) is 67.5 Å². The zero-order chi connectivity index (χ0) is 24.2. The molecule has 0 atom stereocenters. The summed E-state index contributed by atoms with van der Waals surface area (Å²) in [4.78, 5) is 17.5. The number of halogens is 1. The van der Waals surface area contributed by atoms with E-state index >= 15 is 0 Å². The van der Waals surface area contributed by atoms with Crippen molar-refractivity contribution in [1.82, 2.24) is 24.1 Å². The number of hydrogen-bond donors (Lipinski definition) is 1. The summed E-state index contributed by atoms with van der Waals surface area (Å²) in [7, 11) is -3.34. The Morgan fingerprint density at radius 1 is 1.06 bits per heavy atom. The standard InChI is InChI=1S/C24H25FN6O3S/c25-19-13-15-9-11-30(35(33,34)17-7-8-17)14-16(15)12-18(19)24(32)27-21-5-3-4-20(26-21)23-29-28-22-6-1-2-10-31(22)23/h3-5,12-13,17H,1-2,6-11,14H2,(H,26,27,32). The zero-order valence-corrected chi connectivity index (χ0v) is 19.9. The van der Waals surface area contributed by atoms with Gasteiger partial charge >= 0.3 is 0 Å². The topological polar surface area (TPSA) is 110 Å². The van der Waals surface area contributed by atoms with E-state index in [0.29, 0.717) is 42.9 Å². The van der Waals surface area contributed by atoms with Gasteiger partial charge in [0.25, 0.3) is 5.91 Å². The fourth-order valence-electron chi connectivity index (χ4n) is 4.83. The molecule has 6 rings (SSSR count). The lowest BCUT2D eigenvalue weighted by Crippen LogP contribution is -2.38. The Hall–Kier alpha value is -3.18. The molecule has 1 fully saturated rings. The summed E-state index contributed by atoms with van der Waals surface area (Å²) >= 11 is 0. The van der Waals surface area contributed by atoms with Crippen LogP contribution in [0, 0.1) is 5.82 Å². The van der Waals surface area contributed by atoms with Crippen molar-refractivity contribution in [3.8, 4) is 11.5 Å². The molecular formula is C24H25FN6O3S. The van der Waals surface area contributed by atoms with Gasteiger partial charge in [0, 0.05) is 26.1 Å². The highest BCUT2D eigenvalue weighted by atomic mass is 32.2. The van der Waals surface area contributed by atoms with Crippen LogP contribution in [0.25, 0.3) is 11.5 Å². The van der Waals surface area contributed by atoms with Crippen molar-refractivity contribution in [3.05, 3.63) is 58.7 Å². The largest absolute Gasteiger partial charge is 0.310 e. The molecule has 1 amide bonds. The Labute approximate surface area is 202 Å². The number of aryl methyl sites for hydroxylation is 1. The Kier molecular flexibility index (Phi) is 5.41. The number of rotatable bonds is 5. The van der Waals surface area contributed by atoms with Crippen LogP contribution in [0.2, 0.25) is 0 Å². The van der Waals surface area contributed by atoms with Crippen molar-refractivity contribution in [2.45, 2.75) is 56.9 Å². The second-order valence-electron chi connectivity index (χ2n) is 9.34. The molecule has 2 aliphatic heterocycles. The maximum absolute atomic E-state index is 14.9. The molecule has 9 nitrogen and oxygen atoms in total. The third-order valence-corrected chi connectivity index (χ3v) is 9.24. The molecule has 3 aromatic rings. The number of carbonyl (C=O) groups excluding carboxylic acids is 1. The molecule has 182 valence electrons. The van der Waals surface area contributed by atoms with Crippen molar-refractivity contribution in [2.75, 3.05) is 11.9 Å². The first kappa shape index (κ1) is 22.3. The van der Waals surface area contributed by atoms with Gasteiger partial charge < -0.3 is 9.88 Å². The number of pyridine rings is 1. The average molecular weight is 497 g/mol. The number of nitrogens with one attached hydrogen (secondary N) is 1. The summed E-state index contributed by atoms with van der Waals surface area (Å²) in [6.45, 7) is 1.31. The number of anilines is 1. The summed E-state index contributed by atoms with van der Waals surface area (Å²) < 4.78 is 43.7. The Morgan fingerprint density at radius 3 is 2.74 bits per heavy atom. The van der Waals surface area contributed by atoms with E-state index in [-0.39, 0.29) is 23.2 Å². The van der Waals surface area contributed by atoms with Gasteiger partial charge in [-0.25, -0.2) is 17.8 Å². The third-order valence-electron chi connectivity index (χ3n) is 6.90. The molecule has 2 aromatic heterocycles. The number of hydrogen-bond acceptors (Lipinski definition) is 6. The van der Waals surface area contributed by atoms with Crippen LogP contribution in [0.4, 0.5) is 10.2 Å². The molecule has 1 saturated carbocycles. The molecule has 1 N–H and O–H groups in total. The molecule has 4 heterocycles. The summed E-state index contributed by atoms with van der Waals surface area (Å²) in [6, 6.07) is 8.00. The van der Waals surface area contributed by atoms with E-state index in [9.17, 15) is 17.6 Å². The van der Waals surface area contributed by atoms with Crippen LogP contribution in [0.1, 0.15) is 53.0 Å². The highest BCUT2D eigenvalue weighted by molar-refractivity contribution is 7.90. The molecule has 0 saturated heterocycles. The zero-order valence-electron chi connectivity index (χ0n) is 19.1. The van der Waals surface area contributed by atoms with Crippen molar-refractivity contribution in [3.63, 3.8) is 0 Å². The smallest absolute Gasteiger partial charge is 0.259 e. The van der Waals surface area contributed by atoms with Gasteiger partial charge in [-0.1, -0.05) is 6.07 Å². The van der Waals surface area contributed by atoms with Crippen molar-refractivity contribution in [2.24, 2.45) is 0 Å². The molecule has 11 heteroatoms. The lowest BCUT2D eigenvalue weighted by Gasteiger charge is -2.28. The lowest BCUT2D eigenvalue weighted by atomic mass is 9.97. The number of amides is 1. The van der Waals surface area contributed by atoms with Crippen LogP contribution in [0.15, 0.2) is 30.3 Å². The number of sulfonamides is 1. The summed E-state index contributed by atoms with van der Waals surface area (Å²) in [5, 5.41) is 10.9. The molecule has 1 aromatic carbocycles. The number of benzene rings is 1. The highest BCUT2D eigenvalue weighted by Gasteiger charge is 2.41. The predicted octanol–water partition coefficient (Wildman–Crippen LogP) is 2.92. The van der Waals surface area contributed by atoms with Crippen LogP contribution in [0.5, 0.6) is 0 Å². The van der Waals surface area contributed by atoms with Gasteiger partial charge in [0.05, 0.1) is 10.8 Å². The lowest BCUT2D eigenvalue weighted by molar-refractivity contribution is 0.102. The fraction of sp³-hybridized carbons (Fsp3) is 0.417. The molecule has 0 radical (unpaired) electrons. The quantitative estimate of drug-likeness (QED) is 0.582. The molecule has 1 aliphatic carbocycles. The van der Waals surface area contributed by atoms with Crippen LogP contribution >= 0.6 is 0 Å². The maximum atomic E-state index is 14.9. The second-order valence-corrected chi connectivity index (χ2v) is 11.6. The van der Waals surface area contributed by atoms with Gasteiger partial charge in [-0.15, -0.1) is 10.2 Å². The minimum Gasteiger partial charge on any atom is -0.310 e. The Bertz CT molecular complexity index is 1430. The van der Waals surface area contributed by atoms with E-state index in [2.05, 4.69) is 20.5 Å². The van der Waals surface area contributed by atoms with Crippen LogP contribution in [-0.4, -0.2) is 50.2 Å². The fourth-order valence-corrected chi connectivity index (χ4v) is 6.65. The van der Waals surface area contributed by atoms with Gasteiger partial charge in [0.1, 0.15) is 23.2 Å². The number of fused-ring (bicyclic) bond motifs is 2. The van der Waals surface area contributed by atoms with E-state index in [0.717, 1.165) is 37.2 Å². The van der Waals surface area contributed by atoms with Gasteiger partial charge in [0.15, 0.2) is 5.82 Å². The molecule has 0 bridgehead atoms. The molecule has 0 unspecified atom stereocenters. The maximum Gasteiger partial charge on any atom is 0.259 e. The molecular weight excluding hydrogens is 471 g/mol. The highest BCUT2D eigenvalue weighted by Crippen LogP contribution is 2.34. The van der Waals surface area contributed by atoms with Crippen molar-refractivity contribution >= 4 is 21.7 Å². The average Bonchev–Trinajstić information content (AvgIpc) is 3.63. The predicted molar refractivity (Wildman–Crippen MR) is 127 cm³/mol. The van der Waals surface area contributed by atoms with Gasteiger partial charge in [-0.3, -0.25) is 4.79 Å². The minimum absolute atomic E-state index is 0.138. The Morgan fingerprint density at radius 2 is 1.91 bits per heavy atom. The van der Waals surface area contributed by atoms with E-state index in [1.165, 1.54) is 16.4 Å². The SMILES string of the molecule is O=C(Nc1cccc(-c2nnc3n2CCCC3)n1)c1cc2c(cc1F)CCN(S(=O)(=O)C1CC1)C2. The number of carbonyl (C=O) groups is 1.